The van der Waals surface area contributed by atoms with E-state index in [-0.39, 0.29) is 5.96 Å². The van der Waals surface area contributed by atoms with Crippen molar-refractivity contribution in [3.8, 4) is 0 Å². The lowest BCUT2D eigenvalue weighted by molar-refractivity contribution is -0.914. The number of likely N-dealkylation sites (N-methyl/N-ethyl adjacent to an activating group) is 1. The number of nitrogens with zero attached hydrogens (tertiary/aromatic N) is 4. The molecule has 1 aromatic rings. The molecule has 0 atom stereocenters. The van der Waals surface area contributed by atoms with Crippen molar-refractivity contribution in [2.45, 2.75) is 45.4 Å². The Bertz CT molecular complexity index is 636. The van der Waals surface area contributed by atoms with Crippen LogP contribution < -0.4 is 5.73 Å². The molecule has 29 heavy (non-hydrogen) atoms. The molecule has 2 rings (SSSR count). The van der Waals surface area contributed by atoms with E-state index < -0.39 is 0 Å². The molecule has 1 aliphatic heterocycles. The van der Waals surface area contributed by atoms with E-state index in [4.69, 9.17) is 11.1 Å². The van der Waals surface area contributed by atoms with Crippen molar-refractivity contribution >= 4 is 11.9 Å². The topological polar surface area (TPSA) is 68.7 Å². The summed E-state index contributed by atoms with van der Waals surface area (Å²) in [6.45, 7) is 8.41. The van der Waals surface area contributed by atoms with Gasteiger partial charge in [-0.25, -0.2) is 0 Å². The minimum absolute atomic E-state index is 0.249. The van der Waals surface area contributed by atoms with Crippen LogP contribution in [0.2, 0.25) is 0 Å². The van der Waals surface area contributed by atoms with E-state index in [1.165, 1.54) is 55.4 Å². The van der Waals surface area contributed by atoms with Gasteiger partial charge in [-0.15, -0.1) is 0 Å². The van der Waals surface area contributed by atoms with E-state index in [0.29, 0.717) is 5.96 Å². The van der Waals surface area contributed by atoms with Crippen LogP contribution in [0.3, 0.4) is 0 Å². The van der Waals surface area contributed by atoms with Gasteiger partial charge in [-0.05, 0) is 51.0 Å². The molecule has 0 saturated carbocycles. The van der Waals surface area contributed by atoms with Crippen molar-refractivity contribution in [2.75, 3.05) is 53.4 Å². The van der Waals surface area contributed by atoms with Crippen molar-refractivity contribution in [1.82, 2.24) is 9.80 Å². The Balaban J connectivity index is 1.74. The summed E-state index contributed by atoms with van der Waals surface area (Å²) >= 11 is 0. The number of aliphatic imine (C=N–C) groups is 1. The molecule has 0 amide bonds. The number of likely N-dealkylation sites (tertiary alicyclic amines) is 1. The third-order valence-electron chi connectivity index (χ3n) is 6.14. The Hall–Kier alpha value is -2.08. The zero-order chi connectivity index (χ0) is 21.1. The smallest absolute Gasteiger partial charge is 0.220 e. The fraction of sp³-hybridized carbons (Fsp3) is 0.652. The van der Waals surface area contributed by atoms with Gasteiger partial charge in [0.1, 0.15) is 0 Å². The SMILES string of the molecule is CCN(CCc1ccccc1)C(N)=NC(=N)N(C)CCCC[N+]1(C)CCCCC1. The Morgan fingerprint density at radius 3 is 2.45 bits per heavy atom. The van der Waals surface area contributed by atoms with Crippen molar-refractivity contribution in [1.29, 1.82) is 5.41 Å². The van der Waals surface area contributed by atoms with E-state index in [9.17, 15) is 0 Å². The van der Waals surface area contributed by atoms with E-state index >= 15 is 0 Å². The number of piperidine rings is 1. The lowest BCUT2D eigenvalue weighted by atomic mass is 10.1. The molecule has 6 heteroatoms. The summed E-state index contributed by atoms with van der Waals surface area (Å²) in [4.78, 5) is 8.32. The van der Waals surface area contributed by atoms with Gasteiger partial charge in [-0.2, -0.15) is 4.99 Å². The van der Waals surface area contributed by atoms with Crippen LogP contribution in [0.4, 0.5) is 0 Å². The number of nitrogens with one attached hydrogen (secondary N) is 1. The molecule has 0 radical (unpaired) electrons. The van der Waals surface area contributed by atoms with Crippen LogP contribution in [0.1, 0.15) is 44.6 Å². The molecule has 0 spiro atoms. The Morgan fingerprint density at radius 1 is 1.10 bits per heavy atom. The van der Waals surface area contributed by atoms with Crippen LogP contribution in [-0.4, -0.2) is 79.6 Å². The number of quaternary nitrogens is 1. The lowest BCUT2D eigenvalue weighted by Gasteiger charge is -2.38. The minimum atomic E-state index is 0.249. The van der Waals surface area contributed by atoms with Crippen molar-refractivity contribution in [2.24, 2.45) is 10.7 Å². The zero-order valence-electron chi connectivity index (χ0n) is 18.7. The molecular formula is C23H41N6+. The second-order valence-electron chi connectivity index (χ2n) is 8.59. The first kappa shape index (κ1) is 23.2. The fourth-order valence-electron chi connectivity index (χ4n) is 4.06. The highest BCUT2D eigenvalue weighted by Gasteiger charge is 2.23. The quantitative estimate of drug-likeness (QED) is 0.289. The Labute approximate surface area is 177 Å². The number of hydrogen-bond donors (Lipinski definition) is 2. The van der Waals surface area contributed by atoms with Gasteiger partial charge in [-0.3, -0.25) is 5.41 Å². The van der Waals surface area contributed by atoms with Gasteiger partial charge in [-0.1, -0.05) is 30.3 Å². The third-order valence-corrected chi connectivity index (χ3v) is 6.14. The van der Waals surface area contributed by atoms with Crippen molar-refractivity contribution in [3.05, 3.63) is 35.9 Å². The van der Waals surface area contributed by atoms with Gasteiger partial charge in [0.2, 0.25) is 5.96 Å². The molecular weight excluding hydrogens is 360 g/mol. The van der Waals surface area contributed by atoms with Crippen molar-refractivity contribution < 1.29 is 4.48 Å². The van der Waals surface area contributed by atoms with E-state index in [0.717, 1.165) is 32.5 Å². The van der Waals surface area contributed by atoms with Gasteiger partial charge in [0, 0.05) is 26.7 Å². The third kappa shape index (κ3) is 8.05. The Morgan fingerprint density at radius 2 is 1.79 bits per heavy atom. The largest absolute Gasteiger partial charge is 0.369 e. The molecule has 6 nitrogen and oxygen atoms in total. The van der Waals surface area contributed by atoms with Crippen LogP contribution in [0.15, 0.2) is 35.3 Å². The summed E-state index contributed by atoms with van der Waals surface area (Å²) in [6, 6.07) is 10.4. The summed E-state index contributed by atoms with van der Waals surface area (Å²) in [6.07, 6.45) is 7.35. The maximum Gasteiger partial charge on any atom is 0.220 e. The molecule has 0 aromatic heterocycles. The van der Waals surface area contributed by atoms with Crippen LogP contribution in [0.5, 0.6) is 0 Å². The van der Waals surface area contributed by atoms with E-state index in [2.05, 4.69) is 43.2 Å². The molecule has 1 saturated heterocycles. The maximum absolute atomic E-state index is 8.29. The molecule has 0 aliphatic carbocycles. The van der Waals surface area contributed by atoms with E-state index in [1.807, 2.05) is 22.9 Å². The molecule has 3 N–H and O–H groups in total. The first-order chi connectivity index (χ1) is 13.9. The maximum atomic E-state index is 8.29. The fourth-order valence-corrected chi connectivity index (χ4v) is 4.06. The van der Waals surface area contributed by atoms with Crippen molar-refractivity contribution in [3.63, 3.8) is 0 Å². The van der Waals surface area contributed by atoms with Crippen LogP contribution in [0.25, 0.3) is 0 Å². The number of unbranched alkanes of at least 4 members (excludes halogenated alkanes) is 1. The standard InChI is InChI=1S/C23H41N6/c1-4-28(17-15-21-13-7-5-8-14-21)23(25)26-22(24)27(2)16-9-12-20-29(3)18-10-6-11-19-29/h5,7-8,13-14H,4,6,9-12,15-20H2,1-3H3,(H3,24,25,26)/q+1. The average Bonchev–Trinajstić information content (AvgIpc) is 2.72. The highest BCUT2D eigenvalue weighted by molar-refractivity contribution is 5.92. The van der Waals surface area contributed by atoms with E-state index in [1.54, 1.807) is 0 Å². The molecule has 0 unspecified atom stereocenters. The highest BCUT2D eigenvalue weighted by Crippen LogP contribution is 2.17. The molecule has 1 aliphatic rings. The predicted octanol–water partition coefficient (Wildman–Crippen LogP) is 3.14. The monoisotopic (exact) mass is 401 g/mol. The molecule has 0 bridgehead atoms. The molecule has 1 fully saturated rings. The zero-order valence-corrected chi connectivity index (χ0v) is 18.7. The van der Waals surface area contributed by atoms with Gasteiger partial charge in [0.05, 0.1) is 26.7 Å². The summed E-state index contributed by atoms with van der Waals surface area (Å²) < 4.78 is 1.22. The second-order valence-corrected chi connectivity index (χ2v) is 8.59. The number of rotatable bonds is 9. The first-order valence-electron chi connectivity index (χ1n) is 11.2. The second kappa shape index (κ2) is 11.8. The summed E-state index contributed by atoms with van der Waals surface area (Å²) in [5.74, 6) is 0.686. The van der Waals surface area contributed by atoms with Gasteiger partial charge in [0.15, 0.2) is 5.96 Å². The predicted molar refractivity (Wildman–Crippen MR) is 123 cm³/mol. The summed E-state index contributed by atoms with van der Waals surface area (Å²) in [5, 5.41) is 8.29. The van der Waals surface area contributed by atoms with Crippen LogP contribution in [-0.2, 0) is 6.42 Å². The van der Waals surface area contributed by atoms with Gasteiger partial charge in [0.25, 0.3) is 0 Å². The van der Waals surface area contributed by atoms with Gasteiger partial charge >= 0.3 is 0 Å². The number of nitrogens with two attached hydrogens (primary N) is 1. The normalized spacial score (nSPS) is 16.4. The minimum Gasteiger partial charge on any atom is -0.369 e. The summed E-state index contributed by atoms with van der Waals surface area (Å²) in [7, 11) is 4.33. The average molecular weight is 402 g/mol. The lowest BCUT2D eigenvalue weighted by Crippen LogP contribution is -2.48. The number of hydrogen-bond acceptors (Lipinski definition) is 1. The summed E-state index contributed by atoms with van der Waals surface area (Å²) in [5.41, 5.74) is 7.49. The molecule has 1 aromatic carbocycles. The molecule has 162 valence electrons. The van der Waals surface area contributed by atoms with Gasteiger partial charge < -0.3 is 20.0 Å². The highest BCUT2D eigenvalue weighted by atomic mass is 15.3. The van der Waals surface area contributed by atoms with Crippen LogP contribution >= 0.6 is 0 Å². The number of guanidine groups is 2. The van der Waals surface area contributed by atoms with Crippen LogP contribution in [0, 0.1) is 5.41 Å². The Kier molecular flexibility index (Phi) is 9.45. The first-order valence-corrected chi connectivity index (χ1v) is 11.2. The number of benzene rings is 1. The molecule has 1 heterocycles.